The number of aliphatic hydroxyl groups excluding tert-OH is 1. The molecule has 0 fully saturated rings. The Kier molecular flexibility index (Phi) is 2.25. The van der Waals surface area contributed by atoms with E-state index in [0.717, 1.165) is 23.6 Å². The van der Waals surface area contributed by atoms with Crippen LogP contribution < -0.4 is 10.5 Å². The number of nitrogens with two attached hydrogens (primary N) is 1. The molecule has 0 saturated carbocycles. The van der Waals surface area contributed by atoms with Gasteiger partial charge in [-0.05, 0) is 19.4 Å². The van der Waals surface area contributed by atoms with Gasteiger partial charge in [0.15, 0.2) is 5.88 Å². The Morgan fingerprint density at radius 2 is 2.36 bits per heavy atom. The van der Waals surface area contributed by atoms with Gasteiger partial charge in [0, 0.05) is 17.8 Å². The van der Waals surface area contributed by atoms with E-state index >= 15 is 0 Å². The summed E-state index contributed by atoms with van der Waals surface area (Å²) in [6, 6.07) is -0.273. The second-order valence-electron chi connectivity index (χ2n) is 3.88. The predicted octanol–water partition coefficient (Wildman–Crippen LogP) is 0.570. The van der Waals surface area contributed by atoms with E-state index in [-0.39, 0.29) is 6.04 Å². The molecule has 0 spiro atoms. The van der Waals surface area contributed by atoms with E-state index in [1.165, 1.54) is 0 Å². The highest BCUT2D eigenvalue weighted by atomic mass is 16.5. The number of aromatic nitrogens is 1. The van der Waals surface area contributed by atoms with Gasteiger partial charge in [-0.3, -0.25) is 0 Å². The molecule has 2 atom stereocenters. The third-order valence-electron chi connectivity index (χ3n) is 2.63. The highest BCUT2D eigenvalue weighted by Gasteiger charge is 2.26. The van der Waals surface area contributed by atoms with Crippen LogP contribution in [0.5, 0.6) is 5.88 Å². The van der Waals surface area contributed by atoms with Crippen molar-refractivity contribution in [2.24, 2.45) is 5.73 Å². The predicted molar refractivity (Wildman–Crippen MR) is 53.3 cm³/mol. The number of fused-ring (bicyclic) bond motifs is 1. The number of ether oxygens (including phenoxy) is 1. The van der Waals surface area contributed by atoms with E-state index in [1.807, 2.05) is 17.7 Å². The molecule has 0 amide bonds. The van der Waals surface area contributed by atoms with E-state index in [0.29, 0.717) is 6.61 Å². The van der Waals surface area contributed by atoms with Crippen LogP contribution in [-0.4, -0.2) is 22.3 Å². The van der Waals surface area contributed by atoms with Gasteiger partial charge in [-0.2, -0.15) is 0 Å². The van der Waals surface area contributed by atoms with Gasteiger partial charge in [0.2, 0.25) is 0 Å². The third kappa shape index (κ3) is 1.31. The Morgan fingerprint density at radius 3 is 3.00 bits per heavy atom. The second kappa shape index (κ2) is 3.29. The summed E-state index contributed by atoms with van der Waals surface area (Å²) in [5.41, 5.74) is 7.57. The molecule has 2 unspecified atom stereocenters. The van der Waals surface area contributed by atoms with Crippen LogP contribution in [-0.2, 0) is 6.54 Å². The van der Waals surface area contributed by atoms with E-state index in [4.69, 9.17) is 10.5 Å². The third-order valence-corrected chi connectivity index (χ3v) is 2.63. The minimum Gasteiger partial charge on any atom is -0.477 e. The Morgan fingerprint density at radius 1 is 1.64 bits per heavy atom. The molecule has 2 heterocycles. The summed E-state index contributed by atoms with van der Waals surface area (Å²) in [7, 11) is 0. The highest BCUT2D eigenvalue weighted by molar-refractivity contribution is 5.40. The normalized spacial score (nSPS) is 18.9. The number of rotatable bonds is 2. The maximum absolute atomic E-state index is 9.91. The molecule has 78 valence electrons. The van der Waals surface area contributed by atoms with Crippen molar-refractivity contribution in [2.45, 2.75) is 32.5 Å². The van der Waals surface area contributed by atoms with Crippen molar-refractivity contribution >= 4 is 0 Å². The summed E-state index contributed by atoms with van der Waals surface area (Å²) < 4.78 is 7.49. The van der Waals surface area contributed by atoms with Crippen molar-refractivity contribution in [3.8, 4) is 5.88 Å². The first-order valence-electron chi connectivity index (χ1n) is 4.87. The lowest BCUT2D eigenvalue weighted by atomic mass is 10.0. The molecule has 14 heavy (non-hydrogen) atoms. The largest absolute Gasteiger partial charge is 0.477 e. The van der Waals surface area contributed by atoms with Crippen LogP contribution in [0.25, 0.3) is 0 Å². The average molecular weight is 196 g/mol. The number of aliphatic hydroxyl groups is 1. The maximum Gasteiger partial charge on any atom is 0.199 e. The Hall–Kier alpha value is -1.00. The van der Waals surface area contributed by atoms with Crippen molar-refractivity contribution in [3.63, 3.8) is 0 Å². The summed E-state index contributed by atoms with van der Waals surface area (Å²) in [6.45, 7) is 5.31. The topological polar surface area (TPSA) is 60.4 Å². The smallest absolute Gasteiger partial charge is 0.199 e. The van der Waals surface area contributed by atoms with Gasteiger partial charge in [0.05, 0.1) is 12.6 Å². The van der Waals surface area contributed by atoms with Gasteiger partial charge < -0.3 is 20.1 Å². The van der Waals surface area contributed by atoms with E-state index in [9.17, 15) is 5.11 Å². The molecule has 0 aliphatic carbocycles. The molecule has 0 aromatic carbocycles. The second-order valence-corrected chi connectivity index (χ2v) is 3.88. The molecule has 1 aromatic rings. The van der Waals surface area contributed by atoms with Crippen molar-refractivity contribution < 1.29 is 9.84 Å². The number of nitrogens with zero attached hydrogens (tertiary/aromatic N) is 1. The monoisotopic (exact) mass is 196 g/mol. The molecule has 0 radical (unpaired) electrons. The van der Waals surface area contributed by atoms with Crippen LogP contribution in [0, 0.1) is 6.92 Å². The Balaban J connectivity index is 2.42. The van der Waals surface area contributed by atoms with E-state index in [2.05, 4.69) is 0 Å². The van der Waals surface area contributed by atoms with Crippen molar-refractivity contribution in [3.05, 3.63) is 17.3 Å². The Bertz CT molecular complexity index is 344. The molecule has 0 bridgehead atoms. The molecule has 3 N–H and O–H groups in total. The van der Waals surface area contributed by atoms with E-state index in [1.54, 1.807) is 6.92 Å². The molecule has 4 nitrogen and oxygen atoms in total. The van der Waals surface area contributed by atoms with Gasteiger partial charge in [-0.1, -0.05) is 0 Å². The zero-order valence-electron chi connectivity index (χ0n) is 8.53. The summed E-state index contributed by atoms with van der Waals surface area (Å²) >= 11 is 0. The van der Waals surface area contributed by atoms with Gasteiger partial charge in [-0.15, -0.1) is 0 Å². The minimum absolute atomic E-state index is 0.273. The lowest BCUT2D eigenvalue weighted by molar-refractivity contribution is 0.148. The Labute approximate surface area is 83.3 Å². The van der Waals surface area contributed by atoms with Crippen molar-refractivity contribution in [1.82, 2.24) is 4.57 Å². The molecular formula is C10H16N2O2. The van der Waals surface area contributed by atoms with Gasteiger partial charge >= 0.3 is 0 Å². The van der Waals surface area contributed by atoms with Gasteiger partial charge in [0.1, 0.15) is 6.61 Å². The van der Waals surface area contributed by atoms with Crippen LogP contribution in [0.3, 0.4) is 0 Å². The first-order chi connectivity index (χ1) is 6.61. The average Bonchev–Trinajstić information content (AvgIpc) is 2.62. The van der Waals surface area contributed by atoms with Crippen molar-refractivity contribution in [2.75, 3.05) is 6.61 Å². The molecule has 0 saturated heterocycles. The molecule has 1 aliphatic rings. The van der Waals surface area contributed by atoms with E-state index < -0.39 is 6.10 Å². The van der Waals surface area contributed by atoms with Crippen LogP contribution >= 0.6 is 0 Å². The summed E-state index contributed by atoms with van der Waals surface area (Å²) in [6.07, 6.45) is 1.37. The molecule has 1 aromatic heterocycles. The first-order valence-corrected chi connectivity index (χ1v) is 4.87. The number of hydrogen-bond acceptors (Lipinski definition) is 3. The fraction of sp³-hybridized carbons (Fsp3) is 0.600. The van der Waals surface area contributed by atoms with Crippen molar-refractivity contribution in [1.29, 1.82) is 0 Å². The maximum atomic E-state index is 9.91. The number of hydrogen-bond donors (Lipinski definition) is 2. The summed E-state index contributed by atoms with van der Waals surface area (Å²) in [5.74, 6) is 0.785. The SMILES string of the molecule is Cc1cn2c(c1C(O)C(C)N)OCC2. The fourth-order valence-corrected chi connectivity index (χ4v) is 1.88. The molecule has 1 aliphatic heterocycles. The lowest BCUT2D eigenvalue weighted by Crippen LogP contribution is -2.24. The molecule has 2 rings (SSSR count). The molecular weight excluding hydrogens is 180 g/mol. The highest BCUT2D eigenvalue weighted by Crippen LogP contribution is 2.34. The van der Waals surface area contributed by atoms with Crippen LogP contribution in [0.2, 0.25) is 0 Å². The lowest BCUT2D eigenvalue weighted by Gasteiger charge is -2.15. The van der Waals surface area contributed by atoms with Crippen LogP contribution in [0.1, 0.15) is 24.2 Å². The van der Waals surface area contributed by atoms with Crippen LogP contribution in [0.15, 0.2) is 6.20 Å². The standard InChI is InChI=1S/C10H16N2O2/c1-6-5-12-3-4-14-10(12)8(6)9(13)7(2)11/h5,7,9,13H,3-4,11H2,1-2H3. The van der Waals surface area contributed by atoms with Gasteiger partial charge in [-0.25, -0.2) is 0 Å². The minimum atomic E-state index is -0.635. The summed E-state index contributed by atoms with van der Waals surface area (Å²) in [4.78, 5) is 0. The zero-order valence-corrected chi connectivity index (χ0v) is 8.53. The fourth-order valence-electron chi connectivity index (χ4n) is 1.88. The first kappa shape index (κ1) is 9.55. The van der Waals surface area contributed by atoms with Crippen LogP contribution in [0.4, 0.5) is 0 Å². The van der Waals surface area contributed by atoms with Gasteiger partial charge in [0.25, 0.3) is 0 Å². The quantitative estimate of drug-likeness (QED) is 0.727. The summed E-state index contributed by atoms with van der Waals surface area (Å²) in [5, 5.41) is 9.91. The zero-order chi connectivity index (χ0) is 10.3. The molecule has 4 heteroatoms. The number of aryl methyl sites for hydroxylation is 1.